The zero-order valence-electron chi connectivity index (χ0n) is 13.5. The maximum atomic E-state index is 12.4. The molecule has 7 heteroatoms. The van der Waals surface area contributed by atoms with Crippen LogP contribution in [0.15, 0.2) is 42.7 Å². The summed E-state index contributed by atoms with van der Waals surface area (Å²) < 4.78 is 0. The second-order valence-electron chi connectivity index (χ2n) is 5.94. The van der Waals surface area contributed by atoms with Crippen molar-refractivity contribution in [1.29, 1.82) is 0 Å². The van der Waals surface area contributed by atoms with Gasteiger partial charge in [-0.3, -0.25) is 14.6 Å². The molecule has 0 aliphatic carbocycles. The second kappa shape index (κ2) is 7.53. The van der Waals surface area contributed by atoms with Gasteiger partial charge in [0, 0.05) is 42.1 Å². The number of nitrogens with zero attached hydrogens (tertiary/aromatic N) is 2. The van der Waals surface area contributed by atoms with Crippen molar-refractivity contribution in [1.82, 2.24) is 15.2 Å². The van der Waals surface area contributed by atoms with Crippen molar-refractivity contribution < 1.29 is 14.7 Å². The normalized spacial score (nSPS) is 15.0. The van der Waals surface area contributed by atoms with E-state index in [1.807, 2.05) is 0 Å². The first-order valence-electron chi connectivity index (χ1n) is 8.03. The van der Waals surface area contributed by atoms with Crippen LogP contribution in [0.1, 0.15) is 33.6 Å². The van der Waals surface area contributed by atoms with Crippen molar-refractivity contribution >= 4 is 23.4 Å². The van der Waals surface area contributed by atoms with Crippen LogP contribution in [0.4, 0.5) is 0 Å². The molecular formula is C18H18ClN3O3. The number of aromatic hydroxyl groups is 1. The number of benzene rings is 1. The van der Waals surface area contributed by atoms with Gasteiger partial charge >= 0.3 is 0 Å². The van der Waals surface area contributed by atoms with Crippen LogP contribution >= 0.6 is 11.6 Å². The average molecular weight is 360 g/mol. The lowest BCUT2D eigenvalue weighted by Gasteiger charge is -2.32. The van der Waals surface area contributed by atoms with Crippen LogP contribution in [-0.2, 0) is 0 Å². The number of phenols is 1. The zero-order valence-corrected chi connectivity index (χ0v) is 14.2. The summed E-state index contributed by atoms with van der Waals surface area (Å²) in [6.45, 7) is 1.13. The first-order valence-corrected chi connectivity index (χ1v) is 8.41. The number of pyridine rings is 1. The molecule has 0 spiro atoms. The molecule has 6 nitrogen and oxygen atoms in total. The molecule has 1 aromatic carbocycles. The van der Waals surface area contributed by atoms with Crippen molar-refractivity contribution in [2.75, 3.05) is 13.1 Å². The van der Waals surface area contributed by atoms with E-state index in [1.165, 1.54) is 18.2 Å². The number of rotatable bonds is 3. The van der Waals surface area contributed by atoms with Gasteiger partial charge in [0.05, 0.1) is 5.56 Å². The molecule has 0 unspecified atom stereocenters. The van der Waals surface area contributed by atoms with Crippen LogP contribution < -0.4 is 5.32 Å². The van der Waals surface area contributed by atoms with E-state index in [0.29, 0.717) is 36.5 Å². The molecule has 1 aliphatic rings. The molecule has 2 N–H and O–H groups in total. The highest BCUT2D eigenvalue weighted by Gasteiger charge is 2.25. The Kier molecular flexibility index (Phi) is 5.19. The summed E-state index contributed by atoms with van der Waals surface area (Å²) in [5, 5.41) is 13.1. The molecule has 25 heavy (non-hydrogen) atoms. The quantitative estimate of drug-likeness (QED) is 0.882. The van der Waals surface area contributed by atoms with E-state index in [9.17, 15) is 14.7 Å². The van der Waals surface area contributed by atoms with Gasteiger partial charge in [0.25, 0.3) is 11.8 Å². The number of carbonyl (C=O) groups excluding carboxylic acids is 2. The number of carbonyl (C=O) groups is 2. The molecular weight excluding hydrogens is 342 g/mol. The van der Waals surface area contributed by atoms with Gasteiger partial charge in [-0.1, -0.05) is 11.6 Å². The van der Waals surface area contributed by atoms with Gasteiger partial charge in [-0.05, 0) is 43.2 Å². The topological polar surface area (TPSA) is 82.5 Å². The molecule has 2 heterocycles. The number of halogens is 1. The third-order valence-corrected chi connectivity index (χ3v) is 4.48. The smallest absolute Gasteiger partial charge is 0.255 e. The van der Waals surface area contributed by atoms with E-state index in [4.69, 9.17) is 11.6 Å². The number of hydrogen-bond donors (Lipinski definition) is 2. The number of hydrogen-bond acceptors (Lipinski definition) is 4. The lowest BCUT2D eigenvalue weighted by atomic mass is 10.0. The minimum atomic E-state index is -0.362. The van der Waals surface area contributed by atoms with E-state index in [0.717, 1.165) is 0 Å². The number of phenolic OH excluding ortho intramolecular Hbond substituents is 1. The Hall–Kier alpha value is -2.60. The monoisotopic (exact) mass is 359 g/mol. The predicted octanol–water partition coefficient (Wildman–Crippen LogP) is 2.48. The molecule has 0 atom stereocenters. The summed E-state index contributed by atoms with van der Waals surface area (Å²) in [6, 6.07) is 7.70. The minimum absolute atomic E-state index is 0.0281. The summed E-state index contributed by atoms with van der Waals surface area (Å²) in [5.41, 5.74) is 0.768. The van der Waals surface area contributed by atoms with Gasteiger partial charge in [-0.2, -0.15) is 0 Å². The Morgan fingerprint density at radius 3 is 2.52 bits per heavy atom. The average Bonchev–Trinajstić information content (AvgIpc) is 2.64. The Labute approximate surface area is 150 Å². The molecule has 2 aromatic rings. The molecule has 1 aliphatic heterocycles. The molecule has 2 amide bonds. The van der Waals surface area contributed by atoms with Gasteiger partial charge in [0.1, 0.15) is 5.75 Å². The van der Waals surface area contributed by atoms with Crippen molar-refractivity contribution in [3.63, 3.8) is 0 Å². The third kappa shape index (κ3) is 4.09. The number of aromatic nitrogens is 1. The van der Waals surface area contributed by atoms with Crippen molar-refractivity contribution in [2.45, 2.75) is 18.9 Å². The summed E-state index contributed by atoms with van der Waals surface area (Å²) >= 11 is 5.88. The maximum Gasteiger partial charge on any atom is 0.255 e. The molecule has 0 bridgehead atoms. The van der Waals surface area contributed by atoms with Crippen molar-refractivity contribution in [3.05, 3.63) is 58.9 Å². The summed E-state index contributed by atoms with van der Waals surface area (Å²) in [6.07, 6.45) is 4.50. The highest BCUT2D eigenvalue weighted by molar-refractivity contribution is 6.31. The van der Waals surface area contributed by atoms with Crippen LogP contribution in [0.25, 0.3) is 0 Å². The summed E-state index contributed by atoms with van der Waals surface area (Å²) in [4.78, 5) is 30.4. The largest absolute Gasteiger partial charge is 0.507 e. The molecule has 0 saturated carbocycles. The van der Waals surface area contributed by atoms with Crippen LogP contribution in [0.2, 0.25) is 5.02 Å². The number of nitrogens with one attached hydrogen (secondary N) is 1. The Morgan fingerprint density at radius 2 is 1.84 bits per heavy atom. The minimum Gasteiger partial charge on any atom is -0.507 e. The van der Waals surface area contributed by atoms with Crippen molar-refractivity contribution in [2.24, 2.45) is 0 Å². The summed E-state index contributed by atoms with van der Waals surface area (Å²) in [5.74, 6) is -0.495. The molecule has 1 aromatic heterocycles. The van der Waals surface area contributed by atoms with E-state index < -0.39 is 0 Å². The van der Waals surface area contributed by atoms with Gasteiger partial charge in [0.2, 0.25) is 0 Å². The highest BCUT2D eigenvalue weighted by atomic mass is 35.5. The van der Waals surface area contributed by atoms with E-state index in [-0.39, 0.29) is 29.2 Å². The van der Waals surface area contributed by atoms with Gasteiger partial charge in [0.15, 0.2) is 0 Å². The Balaban J connectivity index is 1.57. The predicted molar refractivity (Wildman–Crippen MR) is 93.7 cm³/mol. The fourth-order valence-electron chi connectivity index (χ4n) is 2.86. The Morgan fingerprint density at radius 1 is 1.16 bits per heavy atom. The fourth-order valence-corrected chi connectivity index (χ4v) is 3.03. The third-order valence-electron chi connectivity index (χ3n) is 4.25. The van der Waals surface area contributed by atoms with Crippen molar-refractivity contribution in [3.8, 4) is 5.75 Å². The molecule has 1 saturated heterocycles. The Bertz CT molecular complexity index is 774. The zero-order chi connectivity index (χ0) is 17.8. The standard InChI is InChI=1S/C18H18ClN3O3/c19-13-1-2-16(23)15(11-13)17(24)21-14-5-9-22(10-6-14)18(25)12-3-7-20-8-4-12/h1-4,7-8,11,14,23H,5-6,9-10H2,(H,21,24). The molecule has 3 rings (SSSR count). The molecule has 1 fully saturated rings. The molecule has 130 valence electrons. The molecule has 0 radical (unpaired) electrons. The number of likely N-dealkylation sites (tertiary alicyclic amines) is 1. The maximum absolute atomic E-state index is 12.4. The summed E-state index contributed by atoms with van der Waals surface area (Å²) in [7, 11) is 0. The highest BCUT2D eigenvalue weighted by Crippen LogP contribution is 2.22. The van der Waals surface area contributed by atoms with Crippen LogP contribution in [0, 0.1) is 0 Å². The van der Waals surface area contributed by atoms with Gasteiger partial charge in [-0.25, -0.2) is 0 Å². The van der Waals surface area contributed by atoms with Gasteiger partial charge in [-0.15, -0.1) is 0 Å². The van der Waals surface area contributed by atoms with E-state index in [1.54, 1.807) is 29.4 Å². The first kappa shape index (κ1) is 17.2. The lowest BCUT2D eigenvalue weighted by Crippen LogP contribution is -2.46. The van der Waals surface area contributed by atoms with Crippen LogP contribution in [0.5, 0.6) is 5.75 Å². The van der Waals surface area contributed by atoms with E-state index >= 15 is 0 Å². The van der Waals surface area contributed by atoms with Gasteiger partial charge < -0.3 is 15.3 Å². The number of amides is 2. The number of piperidine rings is 1. The van der Waals surface area contributed by atoms with Crippen LogP contribution in [0.3, 0.4) is 0 Å². The lowest BCUT2D eigenvalue weighted by molar-refractivity contribution is 0.0698. The van der Waals surface area contributed by atoms with E-state index in [2.05, 4.69) is 10.3 Å². The second-order valence-corrected chi connectivity index (χ2v) is 6.37. The fraction of sp³-hybridized carbons (Fsp3) is 0.278. The SMILES string of the molecule is O=C(NC1CCN(C(=O)c2ccncc2)CC1)c1cc(Cl)ccc1O. The first-order chi connectivity index (χ1) is 12.0. The van der Waals surface area contributed by atoms with Crippen LogP contribution in [-0.4, -0.2) is 45.9 Å².